The molecule has 1 saturated heterocycles. The van der Waals surface area contributed by atoms with Crippen molar-refractivity contribution in [2.24, 2.45) is 10.4 Å². The SMILES string of the molecule is CSC1N=CC=C(C2(CO)CCOCC2)N1. The number of allylic oxidation sites excluding steroid dienone is 1. The van der Waals surface area contributed by atoms with Gasteiger partial charge in [0, 0.05) is 30.5 Å². The third kappa shape index (κ3) is 2.26. The number of thioether (sulfide) groups is 1. The van der Waals surface area contributed by atoms with Crippen molar-refractivity contribution in [2.75, 3.05) is 26.1 Å². The molecule has 2 rings (SSSR count). The fourth-order valence-corrected chi connectivity index (χ4v) is 2.58. The van der Waals surface area contributed by atoms with Gasteiger partial charge in [-0.3, -0.25) is 4.99 Å². The van der Waals surface area contributed by atoms with E-state index >= 15 is 0 Å². The minimum Gasteiger partial charge on any atom is -0.395 e. The lowest BCUT2D eigenvalue weighted by molar-refractivity contribution is 0.000595. The second-order valence-corrected chi connectivity index (χ2v) is 5.08. The Morgan fingerprint density at radius 2 is 2.38 bits per heavy atom. The first kappa shape index (κ1) is 12.0. The van der Waals surface area contributed by atoms with Gasteiger partial charge in [0.2, 0.25) is 0 Å². The maximum absolute atomic E-state index is 9.67. The quantitative estimate of drug-likeness (QED) is 0.774. The molecule has 0 radical (unpaired) electrons. The lowest BCUT2D eigenvalue weighted by Crippen LogP contribution is -2.43. The maximum Gasteiger partial charge on any atom is 0.166 e. The summed E-state index contributed by atoms with van der Waals surface area (Å²) in [5.41, 5.74) is 1.03. The Morgan fingerprint density at radius 1 is 1.62 bits per heavy atom. The number of nitrogens with zero attached hydrogens (tertiary/aromatic N) is 1. The van der Waals surface area contributed by atoms with E-state index in [1.54, 1.807) is 11.8 Å². The summed E-state index contributed by atoms with van der Waals surface area (Å²) in [4.78, 5) is 4.30. The third-order valence-corrected chi connectivity index (χ3v) is 3.97. The molecule has 0 aromatic rings. The second-order valence-electron chi connectivity index (χ2n) is 4.16. The molecule has 2 aliphatic heterocycles. The van der Waals surface area contributed by atoms with Crippen LogP contribution in [0.3, 0.4) is 0 Å². The molecule has 1 atom stereocenters. The molecular weight excluding hydrogens is 224 g/mol. The molecule has 2 heterocycles. The van der Waals surface area contributed by atoms with Crippen LogP contribution in [-0.4, -0.2) is 42.9 Å². The van der Waals surface area contributed by atoms with Gasteiger partial charge >= 0.3 is 0 Å². The molecule has 0 aromatic carbocycles. The van der Waals surface area contributed by atoms with Gasteiger partial charge in [0.25, 0.3) is 0 Å². The summed E-state index contributed by atoms with van der Waals surface area (Å²) in [5, 5.41) is 13.0. The average Bonchev–Trinajstić information content (AvgIpc) is 2.39. The molecule has 16 heavy (non-hydrogen) atoms. The number of nitrogens with one attached hydrogen (secondary N) is 1. The van der Waals surface area contributed by atoms with Crippen LogP contribution < -0.4 is 5.32 Å². The fourth-order valence-electron chi connectivity index (χ4n) is 2.14. The number of aliphatic hydroxyl groups is 1. The van der Waals surface area contributed by atoms with Gasteiger partial charge < -0.3 is 15.2 Å². The van der Waals surface area contributed by atoms with E-state index in [4.69, 9.17) is 4.74 Å². The Kier molecular flexibility index (Phi) is 3.89. The Hall–Kier alpha value is -0.520. The second kappa shape index (κ2) is 5.21. The molecule has 90 valence electrons. The summed E-state index contributed by atoms with van der Waals surface area (Å²) in [7, 11) is 0. The van der Waals surface area contributed by atoms with Crippen LogP contribution in [0.25, 0.3) is 0 Å². The molecule has 1 fully saturated rings. The van der Waals surface area contributed by atoms with Crippen molar-refractivity contribution in [1.82, 2.24) is 5.32 Å². The molecular formula is C11H18N2O2S. The number of aliphatic hydroxyl groups excluding tert-OH is 1. The van der Waals surface area contributed by atoms with Crippen LogP contribution in [0.2, 0.25) is 0 Å². The first-order valence-corrected chi connectivity index (χ1v) is 6.81. The molecule has 0 spiro atoms. The monoisotopic (exact) mass is 242 g/mol. The topological polar surface area (TPSA) is 53.9 Å². The predicted molar refractivity (Wildman–Crippen MR) is 66.6 cm³/mol. The first-order chi connectivity index (χ1) is 7.80. The summed E-state index contributed by atoms with van der Waals surface area (Å²) >= 11 is 1.66. The number of ether oxygens (including phenoxy) is 1. The minimum absolute atomic E-state index is 0.0752. The van der Waals surface area contributed by atoms with Crippen molar-refractivity contribution in [1.29, 1.82) is 0 Å². The van der Waals surface area contributed by atoms with Crippen molar-refractivity contribution in [3.63, 3.8) is 0 Å². The highest BCUT2D eigenvalue weighted by atomic mass is 32.2. The van der Waals surface area contributed by atoms with E-state index in [2.05, 4.69) is 10.3 Å². The van der Waals surface area contributed by atoms with Crippen LogP contribution in [0.5, 0.6) is 0 Å². The molecule has 1 unspecified atom stereocenters. The third-order valence-electron chi connectivity index (χ3n) is 3.29. The molecule has 2 aliphatic rings. The molecule has 0 aliphatic carbocycles. The van der Waals surface area contributed by atoms with E-state index in [9.17, 15) is 5.11 Å². The zero-order valence-electron chi connectivity index (χ0n) is 9.48. The minimum atomic E-state index is -0.154. The summed E-state index contributed by atoms with van der Waals surface area (Å²) in [6, 6.07) is 0. The van der Waals surface area contributed by atoms with E-state index in [1.165, 1.54) is 0 Å². The van der Waals surface area contributed by atoms with E-state index < -0.39 is 0 Å². The lowest BCUT2D eigenvalue weighted by atomic mass is 9.77. The highest BCUT2D eigenvalue weighted by Crippen LogP contribution is 2.37. The maximum atomic E-state index is 9.67. The van der Waals surface area contributed by atoms with Crippen molar-refractivity contribution in [3.05, 3.63) is 11.8 Å². The van der Waals surface area contributed by atoms with Crippen LogP contribution >= 0.6 is 11.8 Å². The van der Waals surface area contributed by atoms with Crippen molar-refractivity contribution in [2.45, 2.75) is 18.3 Å². The summed E-state index contributed by atoms with van der Waals surface area (Å²) in [6.45, 7) is 1.62. The molecule has 5 heteroatoms. The van der Waals surface area contributed by atoms with Crippen molar-refractivity contribution < 1.29 is 9.84 Å². The smallest absolute Gasteiger partial charge is 0.166 e. The normalized spacial score (nSPS) is 28.4. The zero-order chi connectivity index (χ0) is 11.4. The summed E-state index contributed by atoms with van der Waals surface area (Å²) in [6.07, 6.45) is 7.58. The van der Waals surface area contributed by atoms with Gasteiger partial charge in [-0.1, -0.05) is 0 Å². The van der Waals surface area contributed by atoms with Crippen LogP contribution in [-0.2, 0) is 4.74 Å². The zero-order valence-corrected chi connectivity index (χ0v) is 10.3. The Balaban J connectivity index is 2.14. The number of rotatable bonds is 3. The van der Waals surface area contributed by atoms with Crippen molar-refractivity contribution >= 4 is 18.0 Å². The highest BCUT2D eigenvalue weighted by molar-refractivity contribution is 7.99. The fraction of sp³-hybridized carbons (Fsp3) is 0.727. The van der Waals surface area contributed by atoms with Gasteiger partial charge in [0.1, 0.15) is 0 Å². The first-order valence-electron chi connectivity index (χ1n) is 5.53. The van der Waals surface area contributed by atoms with E-state index in [0.717, 1.165) is 31.8 Å². The lowest BCUT2D eigenvalue weighted by Gasteiger charge is -2.39. The standard InChI is InChI=1S/C11H18N2O2S/c1-16-10-12-5-2-9(13-10)11(8-14)3-6-15-7-4-11/h2,5,10,13-14H,3-4,6-8H2,1H3. The van der Waals surface area contributed by atoms with Gasteiger partial charge in [-0.05, 0) is 25.2 Å². The van der Waals surface area contributed by atoms with Gasteiger partial charge in [-0.15, -0.1) is 11.8 Å². The molecule has 0 bridgehead atoms. The highest BCUT2D eigenvalue weighted by Gasteiger charge is 2.37. The van der Waals surface area contributed by atoms with Gasteiger partial charge in [-0.2, -0.15) is 0 Å². The van der Waals surface area contributed by atoms with E-state index in [-0.39, 0.29) is 17.5 Å². The Labute approximate surface area is 100 Å². The van der Waals surface area contributed by atoms with Gasteiger partial charge in [0.15, 0.2) is 5.50 Å². The molecule has 0 aromatic heterocycles. The van der Waals surface area contributed by atoms with Crippen LogP contribution in [0.15, 0.2) is 16.8 Å². The molecule has 0 amide bonds. The number of hydrogen-bond acceptors (Lipinski definition) is 5. The molecule has 2 N–H and O–H groups in total. The van der Waals surface area contributed by atoms with Crippen molar-refractivity contribution in [3.8, 4) is 0 Å². The van der Waals surface area contributed by atoms with E-state index in [1.807, 2.05) is 18.5 Å². The van der Waals surface area contributed by atoms with Crippen LogP contribution in [0, 0.1) is 5.41 Å². The van der Waals surface area contributed by atoms with E-state index in [0.29, 0.717) is 0 Å². The van der Waals surface area contributed by atoms with Gasteiger partial charge in [0.05, 0.1) is 6.61 Å². The number of aliphatic imine (C=N–C) groups is 1. The Morgan fingerprint density at radius 3 is 3.00 bits per heavy atom. The summed E-state index contributed by atoms with van der Waals surface area (Å²) in [5.74, 6) is 0. The van der Waals surface area contributed by atoms with Crippen LogP contribution in [0.1, 0.15) is 12.8 Å². The largest absolute Gasteiger partial charge is 0.395 e. The van der Waals surface area contributed by atoms with Crippen LogP contribution in [0.4, 0.5) is 0 Å². The Bertz CT molecular complexity index is 298. The molecule has 0 saturated carbocycles. The van der Waals surface area contributed by atoms with Gasteiger partial charge in [-0.25, -0.2) is 0 Å². The summed E-state index contributed by atoms with van der Waals surface area (Å²) < 4.78 is 5.37. The molecule has 4 nitrogen and oxygen atoms in total. The predicted octanol–water partition coefficient (Wildman–Crippen LogP) is 0.980. The average molecular weight is 242 g/mol. The number of hydrogen-bond donors (Lipinski definition) is 2.